The Morgan fingerprint density at radius 3 is 2.26 bits per heavy atom. The van der Waals surface area contributed by atoms with Crippen molar-refractivity contribution in [1.29, 1.82) is 0 Å². The molecule has 2 atom stereocenters. The number of amides is 3. The molecule has 0 aromatic carbocycles. The van der Waals surface area contributed by atoms with E-state index in [4.69, 9.17) is 0 Å². The second kappa shape index (κ2) is 10.8. The average molecular weight is 271 g/mol. The highest BCUT2D eigenvalue weighted by molar-refractivity contribution is 5.96. The maximum Gasteiger partial charge on any atom is 0.321 e. The predicted octanol–water partition coefficient (Wildman–Crippen LogP) is 2.17. The van der Waals surface area contributed by atoms with Crippen molar-refractivity contribution < 1.29 is 9.59 Å². The molecule has 3 N–H and O–H groups in total. The molecule has 2 unspecified atom stereocenters. The smallest absolute Gasteiger partial charge is 0.321 e. The summed E-state index contributed by atoms with van der Waals surface area (Å²) in [6.45, 7) is 8.42. The minimum absolute atomic E-state index is 0.274. The van der Waals surface area contributed by atoms with Crippen molar-refractivity contribution in [2.24, 2.45) is 0 Å². The van der Waals surface area contributed by atoms with Gasteiger partial charge < -0.3 is 10.6 Å². The zero-order valence-corrected chi connectivity index (χ0v) is 12.7. The van der Waals surface area contributed by atoms with Crippen LogP contribution in [0.25, 0.3) is 0 Å². The molecule has 0 aromatic rings. The molecule has 5 heteroatoms. The largest absolute Gasteiger partial charge is 0.338 e. The third-order valence-corrected chi connectivity index (χ3v) is 3.00. The van der Waals surface area contributed by atoms with E-state index in [9.17, 15) is 9.59 Å². The van der Waals surface area contributed by atoms with E-state index >= 15 is 0 Å². The molecule has 0 saturated carbocycles. The van der Waals surface area contributed by atoms with Crippen LogP contribution in [0.4, 0.5) is 4.79 Å². The molecule has 0 aromatic heterocycles. The molecular formula is C14H29N3O2. The molecule has 0 rings (SSSR count). The molecule has 0 spiro atoms. The fraction of sp³-hybridized carbons (Fsp3) is 0.857. The number of carbonyl (C=O) groups is 2. The lowest BCUT2D eigenvalue weighted by atomic mass is 10.0. The van der Waals surface area contributed by atoms with Crippen molar-refractivity contribution in [3.63, 3.8) is 0 Å². The Bertz CT molecular complexity index is 269. The Labute approximate surface area is 116 Å². The van der Waals surface area contributed by atoms with E-state index in [1.54, 1.807) is 6.92 Å². The van der Waals surface area contributed by atoms with Crippen LogP contribution >= 0.6 is 0 Å². The SMILES string of the molecule is CCCCC(CCC)NC(C)C(=O)NC(=O)NCC. The number of hydrogen-bond donors (Lipinski definition) is 3. The van der Waals surface area contributed by atoms with Crippen LogP contribution < -0.4 is 16.0 Å². The van der Waals surface area contributed by atoms with Gasteiger partial charge in [-0.15, -0.1) is 0 Å². The predicted molar refractivity (Wildman–Crippen MR) is 78.0 cm³/mol. The maximum atomic E-state index is 11.8. The minimum Gasteiger partial charge on any atom is -0.338 e. The monoisotopic (exact) mass is 271 g/mol. The number of nitrogens with one attached hydrogen (secondary N) is 3. The highest BCUT2D eigenvalue weighted by atomic mass is 16.2. The zero-order valence-electron chi connectivity index (χ0n) is 12.7. The number of rotatable bonds is 9. The summed E-state index contributed by atoms with van der Waals surface area (Å²) in [5.41, 5.74) is 0. The van der Waals surface area contributed by atoms with Gasteiger partial charge >= 0.3 is 6.03 Å². The molecule has 0 radical (unpaired) electrons. The maximum absolute atomic E-state index is 11.8. The summed E-state index contributed by atoms with van der Waals surface area (Å²) < 4.78 is 0. The van der Waals surface area contributed by atoms with E-state index in [0.29, 0.717) is 12.6 Å². The zero-order chi connectivity index (χ0) is 14.7. The van der Waals surface area contributed by atoms with Crippen molar-refractivity contribution in [2.75, 3.05) is 6.54 Å². The average Bonchev–Trinajstić information content (AvgIpc) is 2.36. The van der Waals surface area contributed by atoms with Gasteiger partial charge in [0.15, 0.2) is 0 Å². The first kappa shape index (κ1) is 17.9. The molecule has 0 saturated heterocycles. The summed E-state index contributed by atoms with van der Waals surface area (Å²) in [6, 6.07) is -0.433. The fourth-order valence-electron chi connectivity index (χ4n) is 1.96. The second-order valence-corrected chi connectivity index (χ2v) is 4.86. The van der Waals surface area contributed by atoms with Crippen molar-refractivity contribution in [2.45, 2.75) is 71.9 Å². The fourth-order valence-corrected chi connectivity index (χ4v) is 1.96. The van der Waals surface area contributed by atoms with Gasteiger partial charge in [-0.05, 0) is 26.7 Å². The van der Waals surface area contributed by atoms with Crippen LogP contribution in [-0.4, -0.2) is 30.6 Å². The van der Waals surface area contributed by atoms with Crippen LogP contribution in [0.3, 0.4) is 0 Å². The first-order valence-corrected chi connectivity index (χ1v) is 7.39. The summed E-state index contributed by atoms with van der Waals surface area (Å²) in [4.78, 5) is 23.1. The van der Waals surface area contributed by atoms with E-state index in [1.165, 1.54) is 0 Å². The number of imide groups is 1. The highest BCUT2D eigenvalue weighted by Gasteiger charge is 2.18. The Morgan fingerprint density at radius 2 is 1.74 bits per heavy atom. The standard InChI is InChI=1S/C14H29N3O2/c1-5-8-10-12(9-6-2)16-11(4)13(18)17-14(19)15-7-3/h11-12,16H,5-10H2,1-4H3,(H2,15,17,18,19). The van der Waals surface area contributed by atoms with Crippen LogP contribution in [0.15, 0.2) is 0 Å². The minimum atomic E-state index is -0.429. The third-order valence-electron chi connectivity index (χ3n) is 3.00. The van der Waals surface area contributed by atoms with Crippen LogP contribution in [0.2, 0.25) is 0 Å². The Balaban J connectivity index is 4.17. The summed E-state index contributed by atoms with van der Waals surface area (Å²) in [5.74, 6) is -0.274. The Hall–Kier alpha value is -1.10. The van der Waals surface area contributed by atoms with E-state index < -0.39 is 6.03 Å². The van der Waals surface area contributed by atoms with Crippen LogP contribution in [0, 0.1) is 0 Å². The third kappa shape index (κ3) is 8.59. The van der Waals surface area contributed by atoms with Crippen molar-refractivity contribution in [3.05, 3.63) is 0 Å². The van der Waals surface area contributed by atoms with Crippen LogP contribution in [-0.2, 0) is 4.79 Å². The van der Waals surface area contributed by atoms with Crippen LogP contribution in [0.1, 0.15) is 59.8 Å². The molecule has 3 amide bonds. The summed E-state index contributed by atoms with van der Waals surface area (Å²) in [6.07, 6.45) is 5.53. The van der Waals surface area contributed by atoms with Crippen molar-refractivity contribution >= 4 is 11.9 Å². The van der Waals surface area contributed by atoms with Gasteiger partial charge in [0.25, 0.3) is 0 Å². The number of unbranched alkanes of at least 4 members (excludes halogenated alkanes) is 1. The first-order chi connectivity index (χ1) is 9.04. The molecule has 0 aliphatic heterocycles. The van der Waals surface area contributed by atoms with Gasteiger partial charge in [-0.2, -0.15) is 0 Å². The lowest BCUT2D eigenvalue weighted by molar-refractivity contribution is -0.121. The van der Waals surface area contributed by atoms with Gasteiger partial charge in [-0.3, -0.25) is 10.1 Å². The van der Waals surface area contributed by atoms with Crippen LogP contribution in [0.5, 0.6) is 0 Å². The first-order valence-electron chi connectivity index (χ1n) is 7.39. The van der Waals surface area contributed by atoms with E-state index in [1.807, 2.05) is 6.92 Å². The normalized spacial score (nSPS) is 13.7. The number of hydrogen-bond acceptors (Lipinski definition) is 3. The molecule has 19 heavy (non-hydrogen) atoms. The van der Waals surface area contributed by atoms with Gasteiger partial charge in [0.05, 0.1) is 6.04 Å². The van der Waals surface area contributed by atoms with Gasteiger partial charge in [-0.1, -0.05) is 33.1 Å². The quantitative estimate of drug-likeness (QED) is 0.602. The number of carbonyl (C=O) groups excluding carboxylic acids is 2. The Morgan fingerprint density at radius 1 is 1.05 bits per heavy atom. The van der Waals surface area contributed by atoms with Gasteiger partial charge in [0.1, 0.15) is 0 Å². The molecule has 0 fully saturated rings. The molecule has 112 valence electrons. The molecule has 0 aliphatic carbocycles. The van der Waals surface area contributed by atoms with Crippen molar-refractivity contribution in [1.82, 2.24) is 16.0 Å². The van der Waals surface area contributed by atoms with E-state index in [-0.39, 0.29) is 11.9 Å². The van der Waals surface area contributed by atoms with Gasteiger partial charge in [0, 0.05) is 12.6 Å². The Kier molecular flexibility index (Phi) is 10.2. The molecule has 0 aliphatic rings. The van der Waals surface area contributed by atoms with Crippen molar-refractivity contribution in [3.8, 4) is 0 Å². The highest BCUT2D eigenvalue weighted by Crippen LogP contribution is 2.07. The van der Waals surface area contributed by atoms with E-state index in [2.05, 4.69) is 29.8 Å². The summed E-state index contributed by atoms with van der Waals surface area (Å²) >= 11 is 0. The number of urea groups is 1. The lowest BCUT2D eigenvalue weighted by Gasteiger charge is -2.22. The molecule has 0 bridgehead atoms. The molecule has 5 nitrogen and oxygen atoms in total. The second-order valence-electron chi connectivity index (χ2n) is 4.86. The van der Waals surface area contributed by atoms with Gasteiger partial charge in [0.2, 0.25) is 5.91 Å². The summed E-state index contributed by atoms with van der Waals surface area (Å²) in [7, 11) is 0. The lowest BCUT2D eigenvalue weighted by Crippen LogP contribution is -2.50. The topological polar surface area (TPSA) is 70.2 Å². The van der Waals surface area contributed by atoms with Gasteiger partial charge in [-0.25, -0.2) is 4.79 Å². The molecular weight excluding hydrogens is 242 g/mol. The van der Waals surface area contributed by atoms with E-state index in [0.717, 1.165) is 32.1 Å². The summed E-state index contributed by atoms with van der Waals surface area (Å²) in [5, 5.41) is 8.19. The molecule has 0 heterocycles.